The van der Waals surface area contributed by atoms with Crippen LogP contribution < -0.4 is 10.1 Å². The molecule has 0 saturated carbocycles. The van der Waals surface area contributed by atoms with Crippen LogP contribution in [0.1, 0.15) is 18.4 Å². The third-order valence-electron chi connectivity index (χ3n) is 2.98. The van der Waals surface area contributed by atoms with Crippen molar-refractivity contribution in [2.24, 2.45) is 0 Å². The molecule has 0 spiro atoms. The van der Waals surface area contributed by atoms with E-state index >= 15 is 0 Å². The Hall–Kier alpha value is -1.06. The van der Waals surface area contributed by atoms with Crippen molar-refractivity contribution in [2.45, 2.75) is 25.9 Å². The summed E-state index contributed by atoms with van der Waals surface area (Å²) >= 11 is 0. The summed E-state index contributed by atoms with van der Waals surface area (Å²) < 4.78 is 11.3. The van der Waals surface area contributed by atoms with Crippen LogP contribution in [0.3, 0.4) is 0 Å². The van der Waals surface area contributed by atoms with Gasteiger partial charge in [-0.05, 0) is 38.4 Å². The van der Waals surface area contributed by atoms with E-state index in [1.807, 2.05) is 12.1 Å². The Morgan fingerprint density at radius 2 is 2.06 bits per heavy atom. The van der Waals surface area contributed by atoms with E-state index in [4.69, 9.17) is 9.47 Å². The van der Waals surface area contributed by atoms with Gasteiger partial charge >= 0.3 is 0 Å². The highest BCUT2D eigenvalue weighted by atomic mass is 16.5. The van der Waals surface area contributed by atoms with Crippen molar-refractivity contribution in [1.29, 1.82) is 0 Å². The molecule has 1 heterocycles. The Morgan fingerprint density at radius 3 is 2.76 bits per heavy atom. The van der Waals surface area contributed by atoms with Crippen LogP contribution >= 0.6 is 0 Å². The number of rotatable bonds is 5. The van der Waals surface area contributed by atoms with E-state index in [-0.39, 0.29) is 0 Å². The minimum atomic E-state index is 0.366. The van der Waals surface area contributed by atoms with Gasteiger partial charge in [0, 0.05) is 6.54 Å². The normalized spacial score (nSPS) is 20.2. The van der Waals surface area contributed by atoms with E-state index in [9.17, 15) is 0 Å². The molecule has 1 fully saturated rings. The van der Waals surface area contributed by atoms with Gasteiger partial charge in [0.25, 0.3) is 0 Å². The van der Waals surface area contributed by atoms with E-state index in [0.29, 0.717) is 19.3 Å². The monoisotopic (exact) mass is 235 g/mol. The van der Waals surface area contributed by atoms with Crippen molar-refractivity contribution < 1.29 is 9.47 Å². The molecule has 0 aromatic heterocycles. The van der Waals surface area contributed by atoms with Crippen molar-refractivity contribution in [3.8, 4) is 5.75 Å². The number of benzene rings is 1. The maximum absolute atomic E-state index is 5.74. The molecule has 1 aliphatic rings. The largest absolute Gasteiger partial charge is 0.491 e. The molecular weight excluding hydrogens is 214 g/mol. The van der Waals surface area contributed by atoms with Gasteiger partial charge in [-0.2, -0.15) is 0 Å². The molecule has 1 unspecified atom stereocenters. The van der Waals surface area contributed by atoms with Crippen LogP contribution in [0.4, 0.5) is 0 Å². The molecule has 0 amide bonds. The molecule has 0 bridgehead atoms. The highest BCUT2D eigenvalue weighted by molar-refractivity contribution is 5.26. The summed E-state index contributed by atoms with van der Waals surface area (Å²) in [4.78, 5) is 0. The van der Waals surface area contributed by atoms with Crippen LogP contribution in [0.5, 0.6) is 5.75 Å². The molecule has 1 saturated heterocycles. The van der Waals surface area contributed by atoms with Gasteiger partial charge in [0.2, 0.25) is 0 Å². The Labute approximate surface area is 103 Å². The van der Waals surface area contributed by atoms with E-state index in [1.54, 1.807) is 0 Å². The molecular formula is C14H21NO2. The van der Waals surface area contributed by atoms with E-state index in [0.717, 1.165) is 25.3 Å². The molecule has 94 valence electrons. The second-order valence-corrected chi connectivity index (χ2v) is 4.50. The Morgan fingerprint density at radius 1 is 1.24 bits per heavy atom. The fourth-order valence-electron chi connectivity index (χ4n) is 1.97. The quantitative estimate of drug-likeness (QED) is 0.793. The molecule has 1 N–H and O–H groups in total. The zero-order valence-corrected chi connectivity index (χ0v) is 10.4. The molecule has 3 heteroatoms. The van der Waals surface area contributed by atoms with Gasteiger partial charge in [-0.3, -0.25) is 0 Å². The van der Waals surface area contributed by atoms with Gasteiger partial charge in [-0.15, -0.1) is 0 Å². The summed E-state index contributed by atoms with van der Waals surface area (Å²) in [7, 11) is 0. The SMILES string of the molecule is Cc1ccc(OCCOC2CCCNC2)cc1. The van der Waals surface area contributed by atoms with Gasteiger partial charge in [0.05, 0.1) is 12.7 Å². The van der Waals surface area contributed by atoms with Crippen LogP contribution in [0.25, 0.3) is 0 Å². The fourth-order valence-corrected chi connectivity index (χ4v) is 1.97. The van der Waals surface area contributed by atoms with E-state index in [2.05, 4.69) is 24.4 Å². The van der Waals surface area contributed by atoms with Gasteiger partial charge < -0.3 is 14.8 Å². The van der Waals surface area contributed by atoms with Crippen molar-refractivity contribution in [3.05, 3.63) is 29.8 Å². The second-order valence-electron chi connectivity index (χ2n) is 4.50. The number of aryl methyl sites for hydroxylation is 1. The molecule has 0 radical (unpaired) electrons. The maximum Gasteiger partial charge on any atom is 0.119 e. The van der Waals surface area contributed by atoms with E-state index in [1.165, 1.54) is 12.0 Å². The summed E-state index contributed by atoms with van der Waals surface area (Å²) in [5.41, 5.74) is 1.25. The zero-order valence-electron chi connectivity index (χ0n) is 10.4. The van der Waals surface area contributed by atoms with Crippen molar-refractivity contribution in [2.75, 3.05) is 26.3 Å². The molecule has 1 aliphatic heterocycles. The summed E-state index contributed by atoms with van der Waals surface area (Å²) in [5.74, 6) is 0.918. The molecule has 17 heavy (non-hydrogen) atoms. The summed E-state index contributed by atoms with van der Waals surface area (Å²) in [5, 5.41) is 3.33. The Bertz CT molecular complexity index is 317. The number of hydrogen-bond acceptors (Lipinski definition) is 3. The van der Waals surface area contributed by atoms with Crippen molar-refractivity contribution in [3.63, 3.8) is 0 Å². The van der Waals surface area contributed by atoms with Crippen LogP contribution in [0, 0.1) is 6.92 Å². The van der Waals surface area contributed by atoms with Gasteiger partial charge in [-0.25, -0.2) is 0 Å². The molecule has 1 aromatic rings. The van der Waals surface area contributed by atoms with Gasteiger partial charge in [0.15, 0.2) is 0 Å². The predicted octanol–water partition coefficient (Wildman–Crippen LogP) is 2.14. The first kappa shape index (κ1) is 12.4. The fraction of sp³-hybridized carbons (Fsp3) is 0.571. The third kappa shape index (κ3) is 4.36. The molecule has 1 aromatic carbocycles. The number of nitrogens with one attached hydrogen (secondary N) is 1. The Balaban J connectivity index is 1.60. The first-order valence-electron chi connectivity index (χ1n) is 6.36. The average Bonchev–Trinajstić information content (AvgIpc) is 2.38. The van der Waals surface area contributed by atoms with Crippen molar-refractivity contribution >= 4 is 0 Å². The van der Waals surface area contributed by atoms with Gasteiger partial charge in [0.1, 0.15) is 12.4 Å². The third-order valence-corrected chi connectivity index (χ3v) is 2.98. The maximum atomic E-state index is 5.74. The van der Waals surface area contributed by atoms with Crippen LogP contribution in [-0.2, 0) is 4.74 Å². The Kier molecular flexibility index (Phi) is 4.83. The zero-order chi connectivity index (χ0) is 11.9. The summed E-state index contributed by atoms with van der Waals surface area (Å²) in [6, 6.07) is 8.11. The predicted molar refractivity (Wildman–Crippen MR) is 68.5 cm³/mol. The smallest absolute Gasteiger partial charge is 0.119 e. The lowest BCUT2D eigenvalue weighted by Gasteiger charge is -2.23. The summed E-state index contributed by atoms with van der Waals surface area (Å²) in [6.45, 7) is 5.47. The number of piperidine rings is 1. The minimum absolute atomic E-state index is 0.366. The molecule has 2 rings (SSSR count). The lowest BCUT2D eigenvalue weighted by atomic mass is 10.1. The number of ether oxygens (including phenoxy) is 2. The first-order chi connectivity index (χ1) is 8.34. The standard InChI is InChI=1S/C14H21NO2/c1-12-4-6-13(7-5-12)16-9-10-17-14-3-2-8-15-11-14/h4-7,14-15H,2-3,8-11H2,1H3. The van der Waals surface area contributed by atoms with Crippen LogP contribution in [0.2, 0.25) is 0 Å². The summed E-state index contributed by atoms with van der Waals surface area (Å²) in [6.07, 6.45) is 2.74. The minimum Gasteiger partial charge on any atom is -0.491 e. The average molecular weight is 235 g/mol. The molecule has 0 aliphatic carbocycles. The van der Waals surface area contributed by atoms with Crippen LogP contribution in [-0.4, -0.2) is 32.4 Å². The lowest BCUT2D eigenvalue weighted by Crippen LogP contribution is -2.36. The first-order valence-corrected chi connectivity index (χ1v) is 6.36. The second kappa shape index (κ2) is 6.62. The molecule has 1 atom stereocenters. The topological polar surface area (TPSA) is 30.5 Å². The van der Waals surface area contributed by atoms with Gasteiger partial charge in [-0.1, -0.05) is 17.7 Å². The van der Waals surface area contributed by atoms with Crippen molar-refractivity contribution in [1.82, 2.24) is 5.32 Å². The number of hydrogen-bond donors (Lipinski definition) is 1. The van der Waals surface area contributed by atoms with Crippen LogP contribution in [0.15, 0.2) is 24.3 Å². The highest BCUT2D eigenvalue weighted by Gasteiger charge is 2.12. The highest BCUT2D eigenvalue weighted by Crippen LogP contribution is 2.11. The van der Waals surface area contributed by atoms with E-state index < -0.39 is 0 Å². The molecule has 3 nitrogen and oxygen atoms in total. The lowest BCUT2D eigenvalue weighted by molar-refractivity contribution is 0.0205.